The quantitative estimate of drug-likeness (QED) is 0.519. The lowest BCUT2D eigenvalue weighted by atomic mass is 9.85. The van der Waals surface area contributed by atoms with Crippen LogP contribution >= 0.6 is 0 Å². The molecule has 6 nitrogen and oxygen atoms in total. The van der Waals surface area contributed by atoms with E-state index in [-0.39, 0.29) is 36.0 Å². The highest BCUT2D eigenvalue weighted by Crippen LogP contribution is 2.34. The van der Waals surface area contributed by atoms with Gasteiger partial charge >= 0.3 is 0 Å². The van der Waals surface area contributed by atoms with Crippen LogP contribution < -0.4 is 5.32 Å². The van der Waals surface area contributed by atoms with E-state index in [0.29, 0.717) is 24.1 Å². The van der Waals surface area contributed by atoms with Crippen LogP contribution in [-0.4, -0.2) is 34.9 Å². The number of hydrogen-bond acceptors (Lipinski definition) is 4. The highest BCUT2D eigenvalue weighted by molar-refractivity contribution is 6.08. The lowest BCUT2D eigenvalue weighted by molar-refractivity contribution is -0.142. The van der Waals surface area contributed by atoms with Crippen molar-refractivity contribution in [1.29, 1.82) is 0 Å². The lowest BCUT2D eigenvalue weighted by Gasteiger charge is -2.14. The van der Waals surface area contributed by atoms with Crippen molar-refractivity contribution in [2.45, 2.75) is 19.8 Å². The van der Waals surface area contributed by atoms with Gasteiger partial charge in [-0.1, -0.05) is 12.2 Å². The van der Waals surface area contributed by atoms with Gasteiger partial charge in [0.1, 0.15) is 6.54 Å². The summed E-state index contributed by atoms with van der Waals surface area (Å²) >= 11 is 0. The van der Waals surface area contributed by atoms with Gasteiger partial charge in [0.05, 0.1) is 11.8 Å². The second-order valence-corrected chi connectivity index (χ2v) is 6.10. The number of anilines is 1. The summed E-state index contributed by atoms with van der Waals surface area (Å²) < 4.78 is 0. The first kappa shape index (κ1) is 16.1. The Hall–Kier alpha value is -2.76. The monoisotopic (exact) mass is 326 g/mol. The number of hydrogen-bond donors (Lipinski definition) is 1. The number of nitrogens with zero attached hydrogens (tertiary/aromatic N) is 1. The van der Waals surface area contributed by atoms with E-state index in [2.05, 4.69) is 5.32 Å². The molecule has 0 saturated carbocycles. The topological polar surface area (TPSA) is 83.6 Å². The number of fused-ring (bicyclic) bond motifs is 1. The minimum Gasteiger partial charge on any atom is -0.325 e. The molecular formula is C18H18N2O4. The van der Waals surface area contributed by atoms with Crippen molar-refractivity contribution in [1.82, 2.24) is 4.90 Å². The lowest BCUT2D eigenvalue weighted by Crippen LogP contribution is -2.38. The molecule has 0 aromatic heterocycles. The van der Waals surface area contributed by atoms with Gasteiger partial charge in [-0.3, -0.25) is 24.1 Å². The molecule has 0 bridgehead atoms. The number of carbonyl (C=O) groups is 4. The summed E-state index contributed by atoms with van der Waals surface area (Å²) in [5, 5.41) is 2.65. The Bertz CT molecular complexity index is 710. The van der Waals surface area contributed by atoms with E-state index in [9.17, 15) is 19.2 Å². The van der Waals surface area contributed by atoms with Crippen LogP contribution in [0.3, 0.4) is 0 Å². The van der Waals surface area contributed by atoms with Crippen LogP contribution in [-0.2, 0) is 14.4 Å². The number of ketones is 1. The highest BCUT2D eigenvalue weighted by Gasteiger charge is 2.47. The molecule has 3 rings (SSSR count). The zero-order chi connectivity index (χ0) is 17.3. The number of nitrogens with one attached hydrogen (secondary N) is 1. The minimum absolute atomic E-state index is 0.0580. The molecule has 3 amide bonds. The molecule has 1 aliphatic heterocycles. The summed E-state index contributed by atoms with van der Waals surface area (Å²) in [4.78, 5) is 49.1. The van der Waals surface area contributed by atoms with E-state index < -0.39 is 5.91 Å². The fourth-order valence-corrected chi connectivity index (χ4v) is 3.16. The third-order valence-corrected chi connectivity index (χ3v) is 4.48. The number of Topliss-reactive ketones (excluding diaryl/α,β-unsaturated/α-hetero) is 1. The summed E-state index contributed by atoms with van der Waals surface area (Å²) in [6.45, 7) is 1.19. The number of likely N-dealkylation sites (tertiary alicyclic amines) is 1. The summed E-state index contributed by atoms with van der Waals surface area (Å²) in [5.41, 5.74) is 1.07. The van der Waals surface area contributed by atoms with Crippen LogP contribution in [0.4, 0.5) is 5.69 Å². The molecule has 1 aliphatic carbocycles. The standard InChI is InChI=1S/C18H18N2O4/c1-11(21)12-6-8-13(9-7-12)19-16(22)10-20-17(23)14-4-2-3-5-15(14)18(20)24/h2-3,6-9,14-15H,4-5,10H2,1H3,(H,19,22)/t14-,15+. The van der Waals surface area contributed by atoms with Crippen LogP contribution in [0.1, 0.15) is 30.1 Å². The molecule has 1 fully saturated rings. The third-order valence-electron chi connectivity index (χ3n) is 4.48. The maximum absolute atomic E-state index is 12.3. The van der Waals surface area contributed by atoms with Gasteiger partial charge in [-0.05, 0) is 44.0 Å². The van der Waals surface area contributed by atoms with E-state index in [1.54, 1.807) is 24.3 Å². The fraction of sp³-hybridized carbons (Fsp3) is 0.333. The van der Waals surface area contributed by atoms with Gasteiger partial charge in [0.2, 0.25) is 17.7 Å². The van der Waals surface area contributed by atoms with Gasteiger partial charge in [-0.15, -0.1) is 0 Å². The van der Waals surface area contributed by atoms with Crippen molar-refractivity contribution in [2.24, 2.45) is 11.8 Å². The number of amides is 3. The van der Waals surface area contributed by atoms with Crippen LogP contribution in [0.25, 0.3) is 0 Å². The Balaban J connectivity index is 1.63. The first-order chi connectivity index (χ1) is 11.5. The maximum atomic E-state index is 12.3. The predicted octanol–water partition coefficient (Wildman–Crippen LogP) is 1.78. The van der Waals surface area contributed by atoms with E-state index in [4.69, 9.17) is 0 Å². The normalized spacial score (nSPS) is 22.5. The van der Waals surface area contributed by atoms with E-state index >= 15 is 0 Å². The number of carbonyl (C=O) groups excluding carboxylic acids is 4. The summed E-state index contributed by atoms with van der Waals surface area (Å²) in [6, 6.07) is 6.46. The van der Waals surface area contributed by atoms with E-state index in [1.165, 1.54) is 6.92 Å². The summed E-state index contributed by atoms with van der Waals surface area (Å²) in [5.74, 6) is -1.68. The van der Waals surface area contributed by atoms with Gasteiger partial charge < -0.3 is 5.32 Å². The molecule has 1 N–H and O–H groups in total. The van der Waals surface area contributed by atoms with Crippen molar-refractivity contribution in [3.05, 3.63) is 42.0 Å². The average molecular weight is 326 g/mol. The van der Waals surface area contributed by atoms with Gasteiger partial charge in [0.15, 0.2) is 5.78 Å². The molecule has 6 heteroatoms. The Morgan fingerprint density at radius 2 is 1.58 bits per heavy atom. The number of benzene rings is 1. The van der Waals surface area contributed by atoms with Crippen molar-refractivity contribution < 1.29 is 19.2 Å². The third kappa shape index (κ3) is 2.99. The second kappa shape index (κ2) is 6.39. The predicted molar refractivity (Wildman–Crippen MR) is 87.2 cm³/mol. The summed E-state index contributed by atoms with van der Waals surface area (Å²) in [7, 11) is 0. The Labute approximate surface area is 139 Å². The fourth-order valence-electron chi connectivity index (χ4n) is 3.16. The number of allylic oxidation sites excluding steroid dienone is 2. The largest absolute Gasteiger partial charge is 0.325 e. The molecule has 1 aromatic carbocycles. The molecule has 124 valence electrons. The molecule has 0 radical (unpaired) electrons. The SMILES string of the molecule is CC(=O)c1ccc(NC(=O)CN2C(=O)[C@H]3CC=CC[C@H]3C2=O)cc1. The molecule has 2 aliphatic rings. The smallest absolute Gasteiger partial charge is 0.244 e. The van der Waals surface area contributed by atoms with Crippen molar-refractivity contribution in [2.75, 3.05) is 11.9 Å². The molecule has 1 aromatic rings. The first-order valence-electron chi connectivity index (χ1n) is 7.88. The molecule has 1 saturated heterocycles. The van der Waals surface area contributed by atoms with Gasteiger partial charge in [0.25, 0.3) is 0 Å². The highest BCUT2D eigenvalue weighted by atomic mass is 16.2. The minimum atomic E-state index is -0.432. The van der Waals surface area contributed by atoms with Crippen molar-refractivity contribution in [3.63, 3.8) is 0 Å². The second-order valence-electron chi connectivity index (χ2n) is 6.10. The Morgan fingerprint density at radius 3 is 2.08 bits per heavy atom. The van der Waals surface area contributed by atoms with Crippen LogP contribution in [0, 0.1) is 11.8 Å². The van der Waals surface area contributed by atoms with Crippen molar-refractivity contribution in [3.8, 4) is 0 Å². The van der Waals surface area contributed by atoms with Crippen LogP contribution in [0.15, 0.2) is 36.4 Å². The van der Waals surface area contributed by atoms with Crippen molar-refractivity contribution >= 4 is 29.2 Å². The van der Waals surface area contributed by atoms with E-state index in [0.717, 1.165) is 4.90 Å². The van der Waals surface area contributed by atoms with Gasteiger partial charge in [-0.2, -0.15) is 0 Å². The molecular weight excluding hydrogens is 308 g/mol. The zero-order valence-electron chi connectivity index (χ0n) is 13.3. The number of rotatable bonds is 4. The number of imide groups is 1. The molecule has 0 spiro atoms. The maximum Gasteiger partial charge on any atom is 0.244 e. The molecule has 24 heavy (non-hydrogen) atoms. The van der Waals surface area contributed by atoms with Crippen LogP contribution in [0.5, 0.6) is 0 Å². The first-order valence-corrected chi connectivity index (χ1v) is 7.88. The van der Waals surface area contributed by atoms with E-state index in [1.807, 2.05) is 12.2 Å². The Morgan fingerprint density at radius 1 is 1.04 bits per heavy atom. The average Bonchev–Trinajstić information content (AvgIpc) is 2.81. The Kier molecular flexibility index (Phi) is 4.29. The van der Waals surface area contributed by atoms with Crippen LogP contribution in [0.2, 0.25) is 0 Å². The zero-order valence-corrected chi connectivity index (χ0v) is 13.3. The molecule has 1 heterocycles. The van der Waals surface area contributed by atoms with Gasteiger partial charge in [-0.25, -0.2) is 0 Å². The van der Waals surface area contributed by atoms with Gasteiger partial charge in [0, 0.05) is 11.3 Å². The molecule has 2 atom stereocenters. The molecule has 0 unspecified atom stereocenters. The summed E-state index contributed by atoms with van der Waals surface area (Å²) in [6.07, 6.45) is 4.93.